The Bertz CT molecular complexity index is 870. The number of benzene rings is 2. The Balaban J connectivity index is 2.32. The molecule has 0 amide bonds. The number of sulfone groups is 1. The molecule has 0 atom stereocenters. The van der Waals surface area contributed by atoms with Gasteiger partial charge in [-0.2, -0.15) is 0 Å². The van der Waals surface area contributed by atoms with E-state index in [0.29, 0.717) is 5.56 Å². The van der Waals surface area contributed by atoms with Gasteiger partial charge in [0, 0.05) is 17.4 Å². The lowest BCUT2D eigenvalue weighted by atomic mass is 10.1. The van der Waals surface area contributed by atoms with Crippen LogP contribution in [0.3, 0.4) is 0 Å². The maximum Gasteiger partial charge on any atom is 0.185 e. The summed E-state index contributed by atoms with van der Waals surface area (Å²) in [5.74, 6) is -0.717. The average molecular weight is 334 g/mol. The van der Waals surface area contributed by atoms with Crippen LogP contribution in [0.15, 0.2) is 53.4 Å². The van der Waals surface area contributed by atoms with Crippen molar-refractivity contribution in [3.8, 4) is 5.75 Å². The molecule has 0 N–H and O–H groups in total. The summed E-state index contributed by atoms with van der Waals surface area (Å²) in [4.78, 5) is 12.2. The summed E-state index contributed by atoms with van der Waals surface area (Å²) in [5, 5.41) is 0. The summed E-state index contributed by atoms with van der Waals surface area (Å²) in [6.07, 6.45) is 3.66. The molecule has 0 saturated carbocycles. The first kappa shape index (κ1) is 16.9. The Kier molecular flexibility index (Phi) is 4.95. The molecule has 0 aliphatic heterocycles. The van der Waals surface area contributed by atoms with Gasteiger partial charge in [-0.15, -0.1) is 0 Å². The highest BCUT2D eigenvalue weighted by Gasteiger charge is 2.16. The molecule has 0 radical (unpaired) electrons. The van der Waals surface area contributed by atoms with Gasteiger partial charge in [0.25, 0.3) is 0 Å². The molecule has 0 aromatic heterocycles. The Morgan fingerprint density at radius 2 is 1.87 bits per heavy atom. The highest BCUT2D eigenvalue weighted by molar-refractivity contribution is 7.90. The topological polar surface area (TPSA) is 60.4 Å². The first-order valence-corrected chi connectivity index (χ1v) is 8.57. The smallest absolute Gasteiger partial charge is 0.185 e. The van der Waals surface area contributed by atoms with Crippen LogP contribution >= 0.6 is 0 Å². The van der Waals surface area contributed by atoms with Crippen LogP contribution in [-0.2, 0) is 9.84 Å². The number of carbonyl (C=O) groups excluding carboxylic acids is 1. The molecule has 2 rings (SSSR count). The number of ether oxygens (including phenoxy) is 1. The number of allylic oxidation sites excluding steroid dienone is 1. The van der Waals surface area contributed by atoms with Crippen LogP contribution in [0.5, 0.6) is 5.75 Å². The number of carbonyl (C=O) groups is 1. The lowest BCUT2D eigenvalue weighted by Crippen LogP contribution is -2.03. The van der Waals surface area contributed by atoms with Gasteiger partial charge in [-0.05, 0) is 36.4 Å². The lowest BCUT2D eigenvalue weighted by molar-refractivity contribution is 0.104. The summed E-state index contributed by atoms with van der Waals surface area (Å²) in [7, 11) is -2.13. The lowest BCUT2D eigenvalue weighted by Gasteiger charge is -2.08. The Morgan fingerprint density at radius 1 is 1.17 bits per heavy atom. The third kappa shape index (κ3) is 4.04. The van der Waals surface area contributed by atoms with Crippen LogP contribution in [0.2, 0.25) is 0 Å². The average Bonchev–Trinajstić information content (AvgIpc) is 2.52. The van der Waals surface area contributed by atoms with E-state index >= 15 is 0 Å². The minimum atomic E-state index is -3.45. The third-order valence-electron chi connectivity index (χ3n) is 3.17. The van der Waals surface area contributed by atoms with Crippen LogP contribution in [0, 0.1) is 5.82 Å². The van der Waals surface area contributed by atoms with Gasteiger partial charge in [-0.1, -0.05) is 18.2 Å². The van der Waals surface area contributed by atoms with E-state index in [-0.39, 0.29) is 22.0 Å². The fraction of sp³-hybridized carbons (Fsp3) is 0.118. The van der Waals surface area contributed by atoms with Gasteiger partial charge in [-0.25, -0.2) is 12.8 Å². The maximum atomic E-state index is 13.5. The number of rotatable bonds is 5. The van der Waals surface area contributed by atoms with E-state index in [9.17, 15) is 17.6 Å². The van der Waals surface area contributed by atoms with Gasteiger partial charge in [0.1, 0.15) is 16.5 Å². The Morgan fingerprint density at radius 3 is 2.48 bits per heavy atom. The standard InChI is InChI=1S/C17H15FO4S/c1-22-16-11-13(8-10-17(16)23(2,20)21)15(19)9-7-12-5-3-4-6-14(12)18/h3-11H,1-2H3/b9-7-. The van der Waals surface area contributed by atoms with Gasteiger partial charge in [0.2, 0.25) is 0 Å². The predicted octanol–water partition coefficient (Wildman–Crippen LogP) is 3.13. The van der Waals surface area contributed by atoms with Crippen LogP contribution in [0.4, 0.5) is 4.39 Å². The molecule has 2 aromatic carbocycles. The molecule has 0 fully saturated rings. The highest BCUT2D eigenvalue weighted by Crippen LogP contribution is 2.25. The van der Waals surface area contributed by atoms with E-state index in [0.717, 1.165) is 6.26 Å². The summed E-state index contributed by atoms with van der Waals surface area (Å²) in [5.41, 5.74) is 0.544. The van der Waals surface area contributed by atoms with Gasteiger partial charge in [0.15, 0.2) is 15.6 Å². The van der Waals surface area contributed by atoms with Crippen molar-refractivity contribution in [1.82, 2.24) is 0 Å². The van der Waals surface area contributed by atoms with Crippen molar-refractivity contribution in [2.45, 2.75) is 4.90 Å². The van der Waals surface area contributed by atoms with E-state index in [4.69, 9.17) is 4.74 Å². The number of halogens is 1. The van der Waals surface area contributed by atoms with E-state index in [1.54, 1.807) is 18.2 Å². The highest BCUT2D eigenvalue weighted by atomic mass is 32.2. The number of hydrogen-bond acceptors (Lipinski definition) is 4. The number of ketones is 1. The monoisotopic (exact) mass is 334 g/mol. The molecule has 0 bridgehead atoms. The molecule has 2 aromatic rings. The van der Waals surface area contributed by atoms with Crippen LogP contribution in [0.25, 0.3) is 6.08 Å². The second kappa shape index (κ2) is 6.75. The molecular formula is C17H15FO4S. The van der Waals surface area contributed by atoms with Crippen molar-refractivity contribution in [2.75, 3.05) is 13.4 Å². The van der Waals surface area contributed by atoms with Crippen molar-refractivity contribution in [3.05, 3.63) is 65.5 Å². The molecule has 0 heterocycles. The molecule has 0 aliphatic rings. The van der Waals surface area contributed by atoms with Gasteiger partial charge >= 0.3 is 0 Å². The minimum absolute atomic E-state index is 0.00892. The minimum Gasteiger partial charge on any atom is -0.495 e. The maximum absolute atomic E-state index is 13.5. The number of hydrogen-bond donors (Lipinski definition) is 0. The molecule has 4 nitrogen and oxygen atoms in total. The fourth-order valence-electron chi connectivity index (χ4n) is 2.00. The molecule has 0 unspecified atom stereocenters. The molecular weight excluding hydrogens is 319 g/mol. The third-order valence-corrected chi connectivity index (χ3v) is 4.30. The molecule has 120 valence electrons. The molecule has 23 heavy (non-hydrogen) atoms. The van der Waals surface area contributed by atoms with Gasteiger partial charge in [-0.3, -0.25) is 4.79 Å². The Labute approximate surface area is 134 Å². The van der Waals surface area contributed by atoms with Crippen molar-refractivity contribution in [3.63, 3.8) is 0 Å². The summed E-state index contributed by atoms with van der Waals surface area (Å²) >= 11 is 0. The van der Waals surface area contributed by atoms with E-state index in [1.807, 2.05) is 0 Å². The van der Waals surface area contributed by atoms with Crippen LogP contribution in [-0.4, -0.2) is 27.6 Å². The summed E-state index contributed by atoms with van der Waals surface area (Å²) in [6, 6.07) is 10.1. The zero-order chi connectivity index (χ0) is 17.0. The van der Waals surface area contributed by atoms with Crippen LogP contribution in [0.1, 0.15) is 15.9 Å². The van der Waals surface area contributed by atoms with Crippen molar-refractivity contribution in [1.29, 1.82) is 0 Å². The van der Waals surface area contributed by atoms with E-state index < -0.39 is 15.7 Å². The van der Waals surface area contributed by atoms with Crippen molar-refractivity contribution < 1.29 is 22.3 Å². The van der Waals surface area contributed by atoms with Crippen LogP contribution < -0.4 is 4.74 Å². The zero-order valence-electron chi connectivity index (χ0n) is 12.6. The van der Waals surface area contributed by atoms with Gasteiger partial charge < -0.3 is 4.74 Å². The predicted molar refractivity (Wildman–Crippen MR) is 85.9 cm³/mol. The quantitative estimate of drug-likeness (QED) is 0.622. The largest absolute Gasteiger partial charge is 0.495 e. The summed E-state index contributed by atoms with van der Waals surface area (Å²) in [6.45, 7) is 0. The van der Waals surface area contributed by atoms with Gasteiger partial charge in [0.05, 0.1) is 7.11 Å². The summed E-state index contributed by atoms with van der Waals surface area (Å²) < 4.78 is 41.8. The van der Waals surface area contributed by atoms with Crippen molar-refractivity contribution in [2.24, 2.45) is 0 Å². The zero-order valence-corrected chi connectivity index (χ0v) is 13.4. The SMILES string of the molecule is COc1cc(C(=O)/C=C\c2ccccc2F)ccc1S(C)(=O)=O. The first-order chi connectivity index (χ1) is 10.8. The molecule has 6 heteroatoms. The molecule has 0 saturated heterocycles. The fourth-order valence-corrected chi connectivity index (χ4v) is 2.82. The molecule has 0 aliphatic carbocycles. The second-order valence-electron chi connectivity index (χ2n) is 4.86. The first-order valence-electron chi connectivity index (χ1n) is 6.68. The Hall–Kier alpha value is -2.47. The van der Waals surface area contributed by atoms with E-state index in [2.05, 4.69) is 0 Å². The van der Waals surface area contributed by atoms with E-state index in [1.165, 1.54) is 43.5 Å². The van der Waals surface area contributed by atoms with Crippen molar-refractivity contribution >= 4 is 21.7 Å². The second-order valence-corrected chi connectivity index (χ2v) is 6.84. The number of methoxy groups -OCH3 is 1. The normalized spacial score (nSPS) is 11.6. The molecule has 0 spiro atoms.